The van der Waals surface area contributed by atoms with Crippen LogP contribution in [0, 0.1) is 6.92 Å². The summed E-state index contributed by atoms with van der Waals surface area (Å²) in [6, 6.07) is 0. The number of thiazole rings is 1. The van der Waals surface area contributed by atoms with Crippen LogP contribution in [-0.2, 0) is 16.0 Å². The average Bonchev–Trinajstić information content (AvgIpc) is 2.85. The lowest BCUT2D eigenvalue weighted by Gasteiger charge is -2.34. The van der Waals surface area contributed by atoms with Gasteiger partial charge >= 0.3 is 6.09 Å². The Morgan fingerprint density at radius 3 is 2.50 bits per heavy atom. The molecule has 0 spiro atoms. The van der Waals surface area contributed by atoms with E-state index >= 15 is 0 Å². The molecule has 20 heavy (non-hydrogen) atoms. The van der Waals surface area contributed by atoms with Crippen LogP contribution >= 0.6 is 11.3 Å². The molecule has 6 nitrogen and oxygen atoms in total. The first-order chi connectivity index (χ1) is 9.61. The van der Waals surface area contributed by atoms with Crippen molar-refractivity contribution >= 4 is 23.3 Å². The Kier molecular flexibility index (Phi) is 4.94. The smallest absolute Gasteiger partial charge is 0.409 e. The Balaban J connectivity index is 1.83. The molecule has 0 unspecified atom stereocenters. The van der Waals surface area contributed by atoms with Gasteiger partial charge in [-0.3, -0.25) is 4.79 Å². The number of amides is 2. The van der Waals surface area contributed by atoms with Gasteiger partial charge in [0.05, 0.1) is 24.2 Å². The molecule has 0 N–H and O–H groups in total. The normalized spacial score (nSPS) is 15.3. The minimum Gasteiger partial charge on any atom is -0.450 e. The van der Waals surface area contributed by atoms with Gasteiger partial charge < -0.3 is 14.5 Å². The third kappa shape index (κ3) is 3.47. The zero-order chi connectivity index (χ0) is 14.5. The lowest BCUT2D eigenvalue weighted by Crippen LogP contribution is -2.51. The molecular formula is C13H19N3O3S. The third-order valence-electron chi connectivity index (χ3n) is 3.32. The van der Waals surface area contributed by atoms with Gasteiger partial charge in [0.2, 0.25) is 5.91 Å². The molecule has 2 heterocycles. The van der Waals surface area contributed by atoms with Crippen LogP contribution in [0.4, 0.5) is 4.79 Å². The Hall–Kier alpha value is -1.63. The highest BCUT2D eigenvalue weighted by atomic mass is 32.1. The van der Waals surface area contributed by atoms with Crippen LogP contribution in [0.3, 0.4) is 0 Å². The van der Waals surface area contributed by atoms with Crippen LogP contribution in [0.5, 0.6) is 0 Å². The van der Waals surface area contributed by atoms with E-state index in [-0.39, 0.29) is 12.0 Å². The maximum absolute atomic E-state index is 12.2. The maximum atomic E-state index is 12.2. The molecule has 0 radical (unpaired) electrons. The van der Waals surface area contributed by atoms with Gasteiger partial charge in [-0.25, -0.2) is 9.78 Å². The first kappa shape index (κ1) is 14.8. The van der Waals surface area contributed by atoms with E-state index in [1.165, 1.54) is 11.3 Å². The predicted molar refractivity (Wildman–Crippen MR) is 75.7 cm³/mol. The van der Waals surface area contributed by atoms with Crippen LogP contribution in [0.15, 0.2) is 5.51 Å². The van der Waals surface area contributed by atoms with E-state index in [2.05, 4.69) is 4.98 Å². The van der Waals surface area contributed by atoms with Gasteiger partial charge in [0, 0.05) is 31.1 Å². The summed E-state index contributed by atoms with van der Waals surface area (Å²) in [6.45, 7) is 6.28. The molecule has 1 fully saturated rings. The van der Waals surface area contributed by atoms with Gasteiger partial charge in [0.25, 0.3) is 0 Å². The topological polar surface area (TPSA) is 62.7 Å². The van der Waals surface area contributed by atoms with Gasteiger partial charge in [0.1, 0.15) is 0 Å². The van der Waals surface area contributed by atoms with E-state index in [0.717, 1.165) is 10.6 Å². The van der Waals surface area contributed by atoms with Gasteiger partial charge in [0.15, 0.2) is 0 Å². The molecule has 0 saturated carbocycles. The summed E-state index contributed by atoms with van der Waals surface area (Å²) in [5.41, 5.74) is 2.69. The molecule has 0 bridgehead atoms. The summed E-state index contributed by atoms with van der Waals surface area (Å²) in [5, 5.41) is 0. The van der Waals surface area contributed by atoms with Gasteiger partial charge in [-0.2, -0.15) is 0 Å². The molecule has 110 valence electrons. The van der Waals surface area contributed by atoms with Crippen LogP contribution < -0.4 is 0 Å². The second kappa shape index (κ2) is 6.69. The van der Waals surface area contributed by atoms with Crippen molar-refractivity contribution in [1.29, 1.82) is 0 Å². The Morgan fingerprint density at radius 1 is 1.30 bits per heavy atom. The first-order valence-corrected chi connectivity index (χ1v) is 7.58. The minimum atomic E-state index is -0.294. The molecule has 1 aromatic rings. The Labute approximate surface area is 122 Å². The predicted octanol–water partition coefficient (Wildman–Crippen LogP) is 1.29. The Bertz CT molecular complexity index is 481. The van der Waals surface area contributed by atoms with Crippen molar-refractivity contribution in [3.8, 4) is 0 Å². The van der Waals surface area contributed by atoms with Gasteiger partial charge in [-0.1, -0.05) is 0 Å². The number of hydrogen-bond donors (Lipinski definition) is 0. The van der Waals surface area contributed by atoms with Gasteiger partial charge in [-0.05, 0) is 13.8 Å². The molecule has 2 rings (SSSR count). The quantitative estimate of drug-likeness (QED) is 0.843. The number of ether oxygens (including phenoxy) is 1. The lowest BCUT2D eigenvalue weighted by molar-refractivity contribution is -0.132. The molecule has 0 aromatic carbocycles. The lowest BCUT2D eigenvalue weighted by atomic mass is 10.2. The highest BCUT2D eigenvalue weighted by Crippen LogP contribution is 2.15. The number of nitrogens with zero attached hydrogens (tertiary/aromatic N) is 3. The fourth-order valence-corrected chi connectivity index (χ4v) is 2.87. The van der Waals surface area contributed by atoms with Crippen molar-refractivity contribution in [3.63, 3.8) is 0 Å². The summed E-state index contributed by atoms with van der Waals surface area (Å²) in [4.78, 5) is 32.4. The van der Waals surface area contributed by atoms with E-state index < -0.39 is 0 Å². The Morgan fingerprint density at radius 2 is 1.95 bits per heavy atom. The number of rotatable bonds is 3. The van der Waals surface area contributed by atoms with Crippen LogP contribution in [0.1, 0.15) is 17.5 Å². The molecule has 1 aliphatic heterocycles. The number of carbonyl (C=O) groups excluding carboxylic acids is 2. The highest BCUT2D eigenvalue weighted by molar-refractivity contribution is 7.09. The second-order valence-electron chi connectivity index (χ2n) is 4.60. The highest BCUT2D eigenvalue weighted by Gasteiger charge is 2.25. The van der Waals surface area contributed by atoms with Crippen molar-refractivity contribution in [2.45, 2.75) is 20.3 Å². The fourth-order valence-electron chi connectivity index (χ4n) is 2.10. The maximum Gasteiger partial charge on any atom is 0.409 e. The number of hydrogen-bond acceptors (Lipinski definition) is 5. The summed E-state index contributed by atoms with van der Waals surface area (Å²) in [6.07, 6.45) is 0.105. The summed E-state index contributed by atoms with van der Waals surface area (Å²) < 4.78 is 4.95. The van der Waals surface area contributed by atoms with E-state index in [9.17, 15) is 9.59 Å². The minimum absolute atomic E-state index is 0.0980. The molecule has 7 heteroatoms. The van der Waals surface area contributed by atoms with Crippen LogP contribution in [0.2, 0.25) is 0 Å². The summed E-state index contributed by atoms with van der Waals surface area (Å²) in [5.74, 6) is 0.0980. The number of aryl methyl sites for hydroxylation is 1. The SMILES string of the molecule is CCOC(=O)N1CCN(C(=O)Cc2scnc2C)CC1. The largest absolute Gasteiger partial charge is 0.450 e. The van der Waals surface area contributed by atoms with Gasteiger partial charge in [-0.15, -0.1) is 11.3 Å². The molecule has 0 atom stereocenters. The van der Waals surface area contributed by atoms with Crippen molar-refractivity contribution in [1.82, 2.24) is 14.8 Å². The van der Waals surface area contributed by atoms with Crippen molar-refractivity contribution < 1.29 is 14.3 Å². The first-order valence-electron chi connectivity index (χ1n) is 6.70. The molecule has 2 amide bonds. The van der Waals surface area contributed by atoms with Crippen LogP contribution in [0.25, 0.3) is 0 Å². The average molecular weight is 297 g/mol. The molecule has 0 aliphatic carbocycles. The van der Waals surface area contributed by atoms with E-state index in [1.54, 1.807) is 22.2 Å². The fraction of sp³-hybridized carbons (Fsp3) is 0.615. The van der Waals surface area contributed by atoms with Crippen molar-refractivity contribution in [2.75, 3.05) is 32.8 Å². The van der Waals surface area contributed by atoms with E-state index in [0.29, 0.717) is 39.2 Å². The van der Waals surface area contributed by atoms with E-state index in [4.69, 9.17) is 4.74 Å². The molecular weight excluding hydrogens is 278 g/mol. The monoisotopic (exact) mass is 297 g/mol. The number of piperazine rings is 1. The van der Waals surface area contributed by atoms with Crippen molar-refractivity contribution in [3.05, 3.63) is 16.1 Å². The molecule has 1 saturated heterocycles. The molecule has 1 aliphatic rings. The summed E-state index contributed by atoms with van der Waals surface area (Å²) in [7, 11) is 0. The van der Waals surface area contributed by atoms with Crippen LogP contribution in [-0.4, -0.2) is 59.6 Å². The standard InChI is InChI=1S/C13H19N3O3S/c1-3-19-13(18)16-6-4-15(5-7-16)12(17)8-11-10(2)14-9-20-11/h9H,3-8H2,1-2H3. The number of aromatic nitrogens is 1. The third-order valence-corrected chi connectivity index (χ3v) is 4.25. The summed E-state index contributed by atoms with van der Waals surface area (Å²) >= 11 is 1.51. The number of carbonyl (C=O) groups is 2. The van der Waals surface area contributed by atoms with E-state index in [1.807, 2.05) is 6.92 Å². The zero-order valence-corrected chi connectivity index (χ0v) is 12.6. The zero-order valence-electron chi connectivity index (χ0n) is 11.8. The second-order valence-corrected chi connectivity index (χ2v) is 5.54. The van der Waals surface area contributed by atoms with Crippen molar-refractivity contribution in [2.24, 2.45) is 0 Å². The molecule has 1 aromatic heterocycles.